The fourth-order valence-corrected chi connectivity index (χ4v) is 7.87. The van der Waals surface area contributed by atoms with Crippen LogP contribution in [0.4, 0.5) is 0 Å². The molecule has 4 rings (SSSR count). The number of nitrogens with zero attached hydrogens (tertiary/aromatic N) is 3. The molecule has 6 N–H and O–H groups in total. The second-order valence-electron chi connectivity index (χ2n) is 15.4. The summed E-state index contributed by atoms with van der Waals surface area (Å²) in [6.07, 6.45) is 7.63. The second kappa shape index (κ2) is 17.6. The zero-order valence-electron chi connectivity index (χ0n) is 29.4. The van der Waals surface area contributed by atoms with E-state index in [1.807, 2.05) is 7.11 Å². The number of hydrogen-bond acceptors (Lipinski definition) is 11. The molecule has 0 amide bonds. The molecule has 0 aromatic rings. The number of piperazine rings is 1. The van der Waals surface area contributed by atoms with Gasteiger partial charge in [0.05, 0.1) is 18.4 Å². The van der Waals surface area contributed by atoms with E-state index in [1.54, 1.807) is 7.11 Å². The van der Waals surface area contributed by atoms with Crippen molar-refractivity contribution >= 4 is 0 Å². The van der Waals surface area contributed by atoms with Crippen LogP contribution >= 0.6 is 0 Å². The third-order valence-electron chi connectivity index (χ3n) is 10.4. The summed E-state index contributed by atoms with van der Waals surface area (Å²) in [4.78, 5) is 7.15. The number of aliphatic hydroxyl groups is 2. The molecular formula is C34H67N7O4. The molecule has 5 unspecified atom stereocenters. The van der Waals surface area contributed by atoms with Gasteiger partial charge < -0.3 is 35.6 Å². The topological polar surface area (TPSA) is 117 Å². The molecule has 45 heavy (non-hydrogen) atoms. The number of aliphatic hydroxyl groups excluding tert-OH is 2. The molecular weight excluding hydrogens is 570 g/mol. The first-order valence-electron chi connectivity index (χ1n) is 17.7. The lowest BCUT2D eigenvalue weighted by Crippen LogP contribution is -2.71. The molecule has 9 atom stereocenters. The smallest absolute Gasteiger partial charge is 0.114 e. The Morgan fingerprint density at radius 1 is 1.07 bits per heavy atom. The van der Waals surface area contributed by atoms with Crippen molar-refractivity contribution in [1.82, 2.24) is 36.0 Å². The SMILES string of the molecule is COCCCNC1NC(C(C)(C)C)NCC1[C@@H](O)N(CC(C)C)[C@@H]1CNC[C@H](C(O)N2CCN(C3CCC=C[C@H]3OC)CC2)C1. The number of hydrogen-bond donors (Lipinski definition) is 6. The molecule has 3 saturated heterocycles. The van der Waals surface area contributed by atoms with Crippen LogP contribution in [0.3, 0.4) is 0 Å². The summed E-state index contributed by atoms with van der Waals surface area (Å²) in [7, 11) is 3.55. The lowest BCUT2D eigenvalue weighted by Gasteiger charge is -2.50. The van der Waals surface area contributed by atoms with Crippen LogP contribution in [0.5, 0.6) is 0 Å². The van der Waals surface area contributed by atoms with Gasteiger partial charge in [-0.2, -0.15) is 0 Å². The van der Waals surface area contributed by atoms with Gasteiger partial charge in [0.15, 0.2) is 0 Å². The van der Waals surface area contributed by atoms with Gasteiger partial charge in [-0.05, 0) is 43.6 Å². The highest BCUT2D eigenvalue weighted by atomic mass is 16.5. The van der Waals surface area contributed by atoms with Gasteiger partial charge >= 0.3 is 0 Å². The molecule has 4 aliphatic rings. The van der Waals surface area contributed by atoms with E-state index in [0.717, 1.165) is 84.6 Å². The summed E-state index contributed by atoms with van der Waals surface area (Å²) in [5.41, 5.74) is 0.0427. The predicted octanol–water partition coefficient (Wildman–Crippen LogP) is 1.04. The van der Waals surface area contributed by atoms with Gasteiger partial charge in [0, 0.05) is 97.1 Å². The Bertz CT molecular complexity index is 881. The zero-order valence-corrected chi connectivity index (χ0v) is 29.4. The second-order valence-corrected chi connectivity index (χ2v) is 15.4. The van der Waals surface area contributed by atoms with Crippen LogP contribution in [0.15, 0.2) is 12.2 Å². The summed E-state index contributed by atoms with van der Waals surface area (Å²) in [6, 6.07) is 0.565. The minimum absolute atomic E-state index is 0.0245. The number of nitrogens with one attached hydrogen (secondary N) is 4. The van der Waals surface area contributed by atoms with E-state index in [0.29, 0.717) is 18.6 Å². The first kappa shape index (κ1) is 37.1. The van der Waals surface area contributed by atoms with E-state index in [-0.39, 0.29) is 41.7 Å². The van der Waals surface area contributed by atoms with Crippen LogP contribution in [-0.2, 0) is 9.47 Å². The first-order chi connectivity index (χ1) is 21.5. The number of methoxy groups -OCH3 is 2. The Morgan fingerprint density at radius 2 is 1.82 bits per heavy atom. The van der Waals surface area contributed by atoms with Crippen LogP contribution in [-0.4, -0.2) is 148 Å². The van der Waals surface area contributed by atoms with Gasteiger partial charge in [-0.15, -0.1) is 0 Å². The van der Waals surface area contributed by atoms with Crippen LogP contribution in [0.25, 0.3) is 0 Å². The molecule has 262 valence electrons. The largest absolute Gasteiger partial charge is 0.385 e. The summed E-state index contributed by atoms with van der Waals surface area (Å²) in [5, 5.41) is 38.6. The number of piperidine rings is 1. The molecule has 11 heteroatoms. The Morgan fingerprint density at radius 3 is 2.49 bits per heavy atom. The average molecular weight is 638 g/mol. The van der Waals surface area contributed by atoms with Gasteiger partial charge in [0.2, 0.25) is 0 Å². The third kappa shape index (κ3) is 10.2. The maximum Gasteiger partial charge on any atom is 0.114 e. The van der Waals surface area contributed by atoms with Crippen LogP contribution in [0, 0.1) is 23.2 Å². The molecule has 1 aliphatic carbocycles. The summed E-state index contributed by atoms with van der Waals surface area (Å²) >= 11 is 0. The zero-order chi connectivity index (χ0) is 32.6. The van der Waals surface area contributed by atoms with Crippen LogP contribution in [0.2, 0.25) is 0 Å². The Kier molecular flexibility index (Phi) is 14.5. The maximum atomic E-state index is 12.1. The quantitative estimate of drug-likeness (QED) is 0.0933. The third-order valence-corrected chi connectivity index (χ3v) is 10.4. The van der Waals surface area contributed by atoms with Gasteiger partial charge in [-0.1, -0.05) is 46.8 Å². The van der Waals surface area contributed by atoms with Crippen molar-refractivity contribution in [3.8, 4) is 0 Å². The fourth-order valence-electron chi connectivity index (χ4n) is 7.87. The lowest BCUT2D eigenvalue weighted by atomic mass is 9.87. The first-order valence-corrected chi connectivity index (χ1v) is 17.7. The fraction of sp³-hybridized carbons (Fsp3) is 0.941. The van der Waals surface area contributed by atoms with Crippen LogP contribution in [0.1, 0.15) is 60.3 Å². The normalized spacial score (nSPS) is 34.0. The Labute approximate surface area is 273 Å². The lowest BCUT2D eigenvalue weighted by molar-refractivity contribution is -0.116. The van der Waals surface area contributed by atoms with Crippen molar-refractivity contribution in [2.45, 2.75) is 103 Å². The van der Waals surface area contributed by atoms with E-state index < -0.39 is 12.5 Å². The van der Waals surface area contributed by atoms with Crippen molar-refractivity contribution < 1.29 is 19.7 Å². The molecule has 0 saturated carbocycles. The van der Waals surface area contributed by atoms with Crippen molar-refractivity contribution in [3.63, 3.8) is 0 Å². The molecule has 3 aliphatic heterocycles. The number of rotatable bonds is 14. The molecule has 0 aromatic heterocycles. The van der Waals surface area contributed by atoms with E-state index in [4.69, 9.17) is 9.47 Å². The van der Waals surface area contributed by atoms with Crippen molar-refractivity contribution in [1.29, 1.82) is 0 Å². The van der Waals surface area contributed by atoms with Gasteiger partial charge in [-0.25, -0.2) is 0 Å². The van der Waals surface area contributed by atoms with Gasteiger partial charge in [0.25, 0.3) is 0 Å². The highest BCUT2D eigenvalue weighted by molar-refractivity contribution is 5.03. The van der Waals surface area contributed by atoms with E-state index in [2.05, 4.69) is 82.7 Å². The summed E-state index contributed by atoms with van der Waals surface area (Å²) in [6.45, 7) is 19.5. The highest BCUT2D eigenvalue weighted by Gasteiger charge is 2.43. The molecule has 3 fully saturated rings. The molecule has 0 radical (unpaired) electrons. The Balaban J connectivity index is 1.39. The number of allylic oxidation sites excluding steroid dienone is 1. The Hall–Kier alpha value is -0.700. The molecule has 3 heterocycles. The molecule has 0 spiro atoms. The maximum absolute atomic E-state index is 12.1. The van der Waals surface area contributed by atoms with E-state index in [9.17, 15) is 10.2 Å². The highest BCUT2D eigenvalue weighted by Crippen LogP contribution is 2.29. The van der Waals surface area contributed by atoms with E-state index >= 15 is 0 Å². The minimum atomic E-state index is -0.627. The average Bonchev–Trinajstić information content (AvgIpc) is 3.04. The van der Waals surface area contributed by atoms with E-state index in [1.165, 1.54) is 0 Å². The predicted molar refractivity (Wildman–Crippen MR) is 181 cm³/mol. The monoisotopic (exact) mass is 638 g/mol. The molecule has 0 aromatic carbocycles. The number of ether oxygens (including phenoxy) is 2. The van der Waals surface area contributed by atoms with Crippen molar-refractivity contribution in [3.05, 3.63) is 12.2 Å². The summed E-state index contributed by atoms with van der Waals surface area (Å²) < 4.78 is 11.1. The van der Waals surface area contributed by atoms with Crippen LogP contribution < -0.4 is 21.3 Å². The summed E-state index contributed by atoms with van der Waals surface area (Å²) in [5.74, 6) is 0.481. The standard InChI is InChI=1S/C34H67N7O4/c1-24(2)23-41(32(43)27-22-37-33(34(3,4)5)38-30(27)36-13-10-18-44-6)26-19-25(20-35-21-26)31(42)40-16-14-39(15-17-40)28-11-8-9-12-29(28)45-7/h9,12,24-33,35-38,42-43H,8,10-11,13-23H2,1-7H3/t25-,26+,27?,28?,29-,30?,31?,32-,33?/m1/s1. The molecule has 11 nitrogen and oxygen atoms in total. The minimum Gasteiger partial charge on any atom is -0.385 e. The molecule has 0 bridgehead atoms. The van der Waals surface area contributed by atoms with Gasteiger partial charge in [0.1, 0.15) is 12.5 Å². The van der Waals surface area contributed by atoms with Crippen molar-refractivity contribution in [2.75, 3.05) is 79.7 Å². The van der Waals surface area contributed by atoms with Crippen molar-refractivity contribution in [2.24, 2.45) is 23.2 Å². The van der Waals surface area contributed by atoms with Gasteiger partial charge in [-0.3, -0.25) is 20.0 Å².